The Labute approximate surface area is 101 Å². The molecule has 17 heavy (non-hydrogen) atoms. The van der Waals surface area contributed by atoms with Crippen molar-refractivity contribution >= 4 is 28.2 Å². The molecule has 0 aliphatic rings. The standard InChI is InChI=1S/C11H13NO4S/c1-16-11(14)8-5-3-4-7(10(8)12)9(13)6-17(2)15/h3-5H,6,12H2,1-2H3. The largest absolute Gasteiger partial charge is 0.465 e. The molecule has 0 aromatic heterocycles. The highest BCUT2D eigenvalue weighted by molar-refractivity contribution is 7.85. The molecular weight excluding hydrogens is 242 g/mol. The van der Waals surface area contributed by atoms with Crippen LogP contribution in [-0.2, 0) is 15.5 Å². The van der Waals surface area contributed by atoms with Gasteiger partial charge in [0.25, 0.3) is 0 Å². The zero-order chi connectivity index (χ0) is 13.0. The van der Waals surface area contributed by atoms with E-state index in [0.717, 1.165) is 0 Å². The zero-order valence-corrected chi connectivity index (χ0v) is 10.4. The molecule has 2 N–H and O–H groups in total. The maximum absolute atomic E-state index is 11.7. The van der Waals surface area contributed by atoms with E-state index < -0.39 is 16.8 Å². The lowest BCUT2D eigenvalue weighted by Gasteiger charge is -2.08. The van der Waals surface area contributed by atoms with Crippen molar-refractivity contribution in [3.63, 3.8) is 0 Å². The van der Waals surface area contributed by atoms with Crippen LogP contribution in [0, 0.1) is 0 Å². The summed E-state index contributed by atoms with van der Waals surface area (Å²) >= 11 is 0. The molecular formula is C11H13NO4S. The van der Waals surface area contributed by atoms with E-state index in [1.54, 1.807) is 0 Å². The molecule has 1 aromatic rings. The van der Waals surface area contributed by atoms with Gasteiger partial charge in [-0.15, -0.1) is 0 Å². The molecule has 5 nitrogen and oxygen atoms in total. The van der Waals surface area contributed by atoms with Gasteiger partial charge >= 0.3 is 5.97 Å². The predicted molar refractivity (Wildman–Crippen MR) is 65.5 cm³/mol. The molecule has 0 aliphatic carbocycles. The van der Waals surface area contributed by atoms with E-state index in [1.165, 1.54) is 31.6 Å². The summed E-state index contributed by atoms with van der Waals surface area (Å²) < 4.78 is 15.5. The lowest BCUT2D eigenvalue weighted by molar-refractivity contribution is 0.0602. The van der Waals surface area contributed by atoms with Crippen molar-refractivity contribution in [2.24, 2.45) is 0 Å². The zero-order valence-electron chi connectivity index (χ0n) is 9.56. The van der Waals surface area contributed by atoms with E-state index in [2.05, 4.69) is 4.74 Å². The van der Waals surface area contributed by atoms with Crippen molar-refractivity contribution in [3.05, 3.63) is 29.3 Å². The van der Waals surface area contributed by atoms with Crippen molar-refractivity contribution in [3.8, 4) is 0 Å². The third kappa shape index (κ3) is 3.13. The van der Waals surface area contributed by atoms with Gasteiger partial charge in [0.15, 0.2) is 5.78 Å². The maximum Gasteiger partial charge on any atom is 0.339 e. The maximum atomic E-state index is 11.7. The number of hydrogen-bond acceptors (Lipinski definition) is 5. The minimum atomic E-state index is -1.24. The number of nitrogens with two attached hydrogens (primary N) is 1. The van der Waals surface area contributed by atoms with E-state index >= 15 is 0 Å². The highest BCUT2D eigenvalue weighted by Gasteiger charge is 2.17. The van der Waals surface area contributed by atoms with Gasteiger partial charge in [-0.3, -0.25) is 9.00 Å². The van der Waals surface area contributed by atoms with Crippen molar-refractivity contribution in [1.29, 1.82) is 0 Å². The topological polar surface area (TPSA) is 86.5 Å². The van der Waals surface area contributed by atoms with Crippen molar-refractivity contribution in [1.82, 2.24) is 0 Å². The Morgan fingerprint density at radius 3 is 2.47 bits per heavy atom. The molecule has 0 radical (unpaired) electrons. The lowest BCUT2D eigenvalue weighted by atomic mass is 10.0. The molecule has 1 atom stereocenters. The van der Waals surface area contributed by atoms with Crippen LogP contribution in [0.2, 0.25) is 0 Å². The van der Waals surface area contributed by atoms with Gasteiger partial charge in [0.2, 0.25) is 0 Å². The number of para-hydroxylation sites is 1. The SMILES string of the molecule is COC(=O)c1cccc(C(=O)CS(C)=O)c1N. The first-order valence-electron chi connectivity index (χ1n) is 4.77. The fourth-order valence-electron chi connectivity index (χ4n) is 1.36. The molecule has 1 aromatic carbocycles. The van der Waals surface area contributed by atoms with E-state index in [0.29, 0.717) is 0 Å². The number of ether oxygens (including phenoxy) is 1. The fourth-order valence-corrected chi connectivity index (χ4v) is 1.88. The van der Waals surface area contributed by atoms with E-state index in [1.807, 2.05) is 0 Å². The van der Waals surface area contributed by atoms with Crippen molar-refractivity contribution in [2.45, 2.75) is 0 Å². The van der Waals surface area contributed by atoms with Gasteiger partial charge in [-0.2, -0.15) is 0 Å². The molecule has 0 saturated carbocycles. The first-order valence-corrected chi connectivity index (χ1v) is 6.50. The van der Waals surface area contributed by atoms with E-state index in [4.69, 9.17) is 5.73 Å². The second-order valence-corrected chi connectivity index (χ2v) is 4.83. The molecule has 0 spiro atoms. The fraction of sp³-hybridized carbons (Fsp3) is 0.273. The molecule has 0 bridgehead atoms. The van der Waals surface area contributed by atoms with Crippen LogP contribution in [0.1, 0.15) is 20.7 Å². The number of Topliss-reactive ketones (excluding diaryl/α,β-unsaturated/α-hetero) is 1. The number of nitrogen functional groups attached to an aromatic ring is 1. The third-order valence-electron chi connectivity index (χ3n) is 2.15. The summed E-state index contributed by atoms with van der Waals surface area (Å²) in [6.45, 7) is 0. The quantitative estimate of drug-likeness (QED) is 0.484. The monoisotopic (exact) mass is 255 g/mol. The van der Waals surface area contributed by atoms with Crippen LogP contribution in [-0.4, -0.2) is 35.1 Å². The van der Waals surface area contributed by atoms with Crippen LogP contribution >= 0.6 is 0 Å². The minimum absolute atomic E-state index is 0.0646. The van der Waals surface area contributed by atoms with Crippen LogP contribution < -0.4 is 5.73 Å². The number of hydrogen-bond donors (Lipinski definition) is 1. The molecule has 6 heteroatoms. The smallest absolute Gasteiger partial charge is 0.339 e. The first-order chi connectivity index (χ1) is 7.97. The average molecular weight is 255 g/mol. The van der Waals surface area contributed by atoms with Gasteiger partial charge in [0.1, 0.15) is 0 Å². The minimum Gasteiger partial charge on any atom is -0.465 e. The Morgan fingerprint density at radius 1 is 1.35 bits per heavy atom. The summed E-state index contributed by atoms with van der Waals surface area (Å²) in [6.07, 6.45) is 1.43. The third-order valence-corrected chi connectivity index (χ3v) is 2.81. The first kappa shape index (κ1) is 13.4. The summed E-state index contributed by atoms with van der Waals surface area (Å²) in [5.74, 6) is -1.07. The van der Waals surface area contributed by atoms with Crippen molar-refractivity contribution < 1.29 is 18.5 Å². The Balaban J connectivity index is 3.14. The summed E-state index contributed by atoms with van der Waals surface area (Å²) in [6, 6.07) is 4.51. The second kappa shape index (κ2) is 5.58. The molecule has 92 valence electrons. The van der Waals surface area contributed by atoms with Gasteiger partial charge in [0.05, 0.1) is 24.1 Å². The lowest BCUT2D eigenvalue weighted by Crippen LogP contribution is -2.15. The van der Waals surface area contributed by atoms with Gasteiger partial charge in [-0.05, 0) is 12.1 Å². The summed E-state index contributed by atoms with van der Waals surface area (Å²) in [5, 5.41) is 0. The molecule has 0 heterocycles. The number of methoxy groups -OCH3 is 1. The van der Waals surface area contributed by atoms with E-state index in [-0.39, 0.29) is 28.4 Å². The summed E-state index contributed by atoms with van der Waals surface area (Å²) in [7, 11) is -0.0113. The average Bonchev–Trinajstić information content (AvgIpc) is 2.27. The van der Waals surface area contributed by atoms with Crippen LogP contribution in [0.4, 0.5) is 5.69 Å². The van der Waals surface area contributed by atoms with Crippen LogP contribution in [0.25, 0.3) is 0 Å². The number of ketones is 1. The van der Waals surface area contributed by atoms with Gasteiger partial charge in [-0.1, -0.05) is 6.07 Å². The Bertz CT molecular complexity index is 484. The number of benzene rings is 1. The number of carbonyl (C=O) groups is 2. The van der Waals surface area contributed by atoms with Crippen LogP contribution in [0.15, 0.2) is 18.2 Å². The molecule has 1 unspecified atom stereocenters. The number of esters is 1. The molecule has 1 rings (SSSR count). The Kier molecular flexibility index (Phi) is 4.39. The predicted octanol–water partition coefficient (Wildman–Crippen LogP) is 0.617. The summed E-state index contributed by atoms with van der Waals surface area (Å²) in [4.78, 5) is 23.1. The summed E-state index contributed by atoms with van der Waals surface area (Å²) in [5.41, 5.74) is 6.12. The molecule has 0 saturated heterocycles. The van der Waals surface area contributed by atoms with Crippen molar-refractivity contribution in [2.75, 3.05) is 24.9 Å². The van der Waals surface area contributed by atoms with Crippen LogP contribution in [0.3, 0.4) is 0 Å². The second-order valence-electron chi connectivity index (χ2n) is 3.40. The van der Waals surface area contributed by atoms with Gasteiger partial charge in [0, 0.05) is 22.6 Å². The molecule has 0 amide bonds. The van der Waals surface area contributed by atoms with Gasteiger partial charge in [-0.25, -0.2) is 4.79 Å². The highest BCUT2D eigenvalue weighted by Crippen LogP contribution is 2.19. The number of rotatable bonds is 4. The number of carbonyl (C=O) groups excluding carboxylic acids is 2. The number of anilines is 1. The molecule has 0 fully saturated rings. The van der Waals surface area contributed by atoms with Gasteiger partial charge < -0.3 is 10.5 Å². The molecule has 0 aliphatic heterocycles. The van der Waals surface area contributed by atoms with Crippen LogP contribution in [0.5, 0.6) is 0 Å². The normalized spacial score (nSPS) is 11.9. The Morgan fingerprint density at radius 2 is 1.94 bits per heavy atom. The Hall–Kier alpha value is -1.69. The highest BCUT2D eigenvalue weighted by atomic mass is 32.2. The van der Waals surface area contributed by atoms with E-state index in [9.17, 15) is 13.8 Å².